The lowest BCUT2D eigenvalue weighted by molar-refractivity contribution is -0.0881. The summed E-state index contributed by atoms with van der Waals surface area (Å²) in [5, 5.41) is 9.52. The second-order valence-corrected chi connectivity index (χ2v) is 12.0. The third-order valence-electron chi connectivity index (χ3n) is 6.53. The van der Waals surface area contributed by atoms with Gasteiger partial charge in [-0.15, -0.1) is 9.46 Å². The molecule has 1 aromatic heterocycles. The highest BCUT2D eigenvalue weighted by atomic mass is 79.9. The Labute approximate surface area is 251 Å². The number of benzene rings is 4. The molecule has 0 saturated carbocycles. The molecule has 0 radical (unpaired) electrons. The minimum Gasteiger partial charge on any atom is -0.478 e. The van der Waals surface area contributed by atoms with Gasteiger partial charge in [0, 0.05) is 15.7 Å². The van der Waals surface area contributed by atoms with Crippen molar-refractivity contribution in [3.8, 4) is 22.5 Å². The van der Waals surface area contributed by atoms with Crippen molar-refractivity contribution < 1.29 is 41.8 Å². The van der Waals surface area contributed by atoms with Crippen LogP contribution >= 0.6 is 23.5 Å². The first kappa shape index (κ1) is 30.2. The summed E-state index contributed by atoms with van der Waals surface area (Å²) >= 11 is 3.32. The number of aromatic nitrogens is 1. The summed E-state index contributed by atoms with van der Waals surface area (Å²) in [6, 6.07) is 24.6. The minimum atomic E-state index is -4.59. The van der Waals surface area contributed by atoms with E-state index in [1.807, 2.05) is 0 Å². The maximum Gasteiger partial charge on any atom is 0.399 e. The lowest BCUT2D eigenvalue weighted by Gasteiger charge is -2.21. The van der Waals surface area contributed by atoms with E-state index in [-0.39, 0.29) is 23.7 Å². The van der Waals surface area contributed by atoms with Crippen LogP contribution in [0.2, 0.25) is 0 Å². The molecule has 0 unspecified atom stereocenters. The van der Waals surface area contributed by atoms with Crippen molar-refractivity contribution in [2.24, 2.45) is 0 Å². The number of carboxylic acid groups (broad SMARTS) is 1. The first-order chi connectivity index (χ1) is 20.7. The molecule has 220 valence electrons. The van der Waals surface area contributed by atoms with Crippen molar-refractivity contribution in [3.05, 3.63) is 124 Å². The van der Waals surface area contributed by atoms with E-state index in [1.54, 1.807) is 77.7 Å². The Bertz CT molecular complexity index is 1790. The van der Waals surface area contributed by atoms with Gasteiger partial charge in [0.1, 0.15) is 5.82 Å². The highest BCUT2D eigenvalue weighted by Crippen LogP contribution is 2.53. The van der Waals surface area contributed by atoms with Crippen LogP contribution in [-0.4, -0.2) is 16.1 Å². The van der Waals surface area contributed by atoms with Gasteiger partial charge in [-0.25, -0.2) is 14.2 Å². The van der Waals surface area contributed by atoms with Gasteiger partial charge in [-0.1, -0.05) is 70.5 Å². The third-order valence-corrected chi connectivity index (χ3v) is 8.42. The van der Waals surface area contributed by atoms with Crippen LogP contribution in [0.15, 0.2) is 106 Å². The van der Waals surface area contributed by atoms with E-state index in [4.69, 9.17) is 4.42 Å². The summed E-state index contributed by atoms with van der Waals surface area (Å²) in [5.74, 6) is -1.02. The molecule has 5 aromatic rings. The van der Waals surface area contributed by atoms with Crippen molar-refractivity contribution in [1.29, 1.82) is 0 Å². The maximum atomic E-state index is 13.7. The highest BCUT2D eigenvalue weighted by molar-refractivity contribution is 9.10. The number of anilines is 2. The lowest BCUT2D eigenvalue weighted by Crippen LogP contribution is -2.17. The van der Waals surface area contributed by atoms with Crippen LogP contribution in [-0.2, 0) is 26.7 Å². The highest BCUT2D eigenvalue weighted by Gasteiger charge is 2.29. The fourth-order valence-electron chi connectivity index (χ4n) is 4.42. The second-order valence-electron chi connectivity index (χ2n) is 9.33. The van der Waals surface area contributed by atoms with E-state index in [2.05, 4.69) is 30.4 Å². The molecular weight excluding hydrogens is 652 g/mol. The molecule has 0 bridgehead atoms. The summed E-state index contributed by atoms with van der Waals surface area (Å²) in [6.45, 7) is 0.187. The Morgan fingerprint density at radius 1 is 0.953 bits per heavy atom. The fraction of sp³-hybridized carbons (Fsp3) is 0.0667. The Balaban J connectivity index is 1.43. The van der Waals surface area contributed by atoms with Gasteiger partial charge >= 0.3 is 19.6 Å². The molecule has 0 aliphatic carbocycles. The van der Waals surface area contributed by atoms with Gasteiger partial charge in [-0.05, 0) is 67.7 Å². The van der Waals surface area contributed by atoms with Gasteiger partial charge in [-0.2, -0.15) is 0 Å². The zero-order valence-corrected chi connectivity index (χ0v) is 24.5. The summed E-state index contributed by atoms with van der Waals surface area (Å²) in [7, 11) is -4.59. The average Bonchev–Trinajstić information content (AvgIpc) is 3.52. The molecule has 0 fully saturated rings. The van der Waals surface area contributed by atoms with E-state index in [1.165, 1.54) is 24.4 Å². The van der Waals surface area contributed by atoms with Crippen molar-refractivity contribution in [3.63, 3.8) is 0 Å². The molecule has 4 aromatic carbocycles. The maximum absolute atomic E-state index is 13.7. The lowest BCUT2D eigenvalue weighted by atomic mass is 9.98. The number of oxazole rings is 1. The molecule has 0 saturated heterocycles. The van der Waals surface area contributed by atoms with Crippen molar-refractivity contribution in [1.82, 2.24) is 4.98 Å². The van der Waals surface area contributed by atoms with Gasteiger partial charge < -0.3 is 9.52 Å². The van der Waals surface area contributed by atoms with Crippen molar-refractivity contribution >= 4 is 41.2 Å². The molecule has 8 nitrogen and oxygen atoms in total. The Morgan fingerprint density at radius 2 is 1.63 bits per heavy atom. The number of aromatic carboxylic acids is 1. The van der Waals surface area contributed by atoms with E-state index in [0.717, 1.165) is 5.56 Å². The van der Waals surface area contributed by atoms with Crippen LogP contribution in [0.4, 0.5) is 25.1 Å². The minimum absolute atomic E-state index is 0.187. The molecule has 0 atom stereocenters. The molecule has 0 amide bonds. The summed E-state index contributed by atoms with van der Waals surface area (Å²) in [5.41, 5.74) is 3.72. The second kappa shape index (κ2) is 13.0. The quantitative estimate of drug-likeness (QED) is 0.138. The molecule has 43 heavy (non-hydrogen) atoms. The van der Waals surface area contributed by atoms with Crippen LogP contribution in [0.25, 0.3) is 22.5 Å². The zero-order chi connectivity index (χ0) is 30.6. The molecule has 1 N–H and O–H groups in total. The van der Waals surface area contributed by atoms with E-state index in [9.17, 15) is 27.9 Å². The molecule has 5 rings (SSSR count). The standard InChI is InChI=1S/C30H21BrF3N2O6P/c31-27-15-19(5-6-22(27)18-43(39,41-33)42-34)17-36(24-13-11-23(32)12-14-24)30-35-16-28(40-30)21-9-7-20(8-10-21)25-3-1-2-4-26(25)29(37)38/h1-16H,17-18H2,(H,37,38). The van der Waals surface area contributed by atoms with E-state index >= 15 is 0 Å². The predicted molar refractivity (Wildman–Crippen MR) is 156 cm³/mol. The smallest absolute Gasteiger partial charge is 0.399 e. The molecule has 0 aliphatic rings. The predicted octanol–water partition coefficient (Wildman–Crippen LogP) is 9.44. The Kier molecular flexibility index (Phi) is 9.12. The normalized spacial score (nSPS) is 11.4. The van der Waals surface area contributed by atoms with Gasteiger partial charge in [0.25, 0.3) is 0 Å². The van der Waals surface area contributed by atoms with Gasteiger partial charge in [0.05, 0.1) is 24.5 Å². The Hall–Kier alpha value is -4.22. The number of hydrogen-bond donors (Lipinski definition) is 1. The summed E-state index contributed by atoms with van der Waals surface area (Å²) in [4.78, 5) is 17.8. The van der Waals surface area contributed by atoms with Crippen LogP contribution < -0.4 is 4.90 Å². The van der Waals surface area contributed by atoms with Crippen LogP contribution in [0.5, 0.6) is 0 Å². The van der Waals surface area contributed by atoms with Gasteiger partial charge in [-0.3, -0.25) is 9.46 Å². The molecule has 13 heteroatoms. The number of halogens is 4. The first-order valence-corrected chi connectivity index (χ1v) is 15.1. The first-order valence-electron chi connectivity index (χ1n) is 12.6. The van der Waals surface area contributed by atoms with Crippen LogP contribution in [0.3, 0.4) is 0 Å². The number of nitrogens with zero attached hydrogens (tertiary/aromatic N) is 2. The van der Waals surface area contributed by atoms with Crippen LogP contribution in [0.1, 0.15) is 21.5 Å². The van der Waals surface area contributed by atoms with E-state index in [0.29, 0.717) is 32.6 Å². The molecule has 0 aliphatic heterocycles. The zero-order valence-electron chi connectivity index (χ0n) is 22.0. The topological polar surface area (TPSA) is 102 Å². The molecule has 1 heterocycles. The molecule has 0 spiro atoms. The number of carboxylic acids is 1. The fourth-order valence-corrected chi connectivity index (χ4v) is 6.01. The molecular formula is C30H21BrF3N2O6P. The van der Waals surface area contributed by atoms with Crippen molar-refractivity contribution in [2.45, 2.75) is 12.7 Å². The SMILES string of the molecule is O=C(O)c1ccccc1-c1ccc(-c2cnc(N(Cc3ccc(CP(=O)(OF)OF)c(Br)c3)c3ccc(F)cc3)o2)cc1. The number of rotatable bonds is 11. The monoisotopic (exact) mass is 672 g/mol. The number of hydrogen-bond acceptors (Lipinski definition) is 7. The Morgan fingerprint density at radius 3 is 2.28 bits per heavy atom. The van der Waals surface area contributed by atoms with E-state index < -0.39 is 25.5 Å². The average molecular weight is 673 g/mol. The summed E-state index contributed by atoms with van der Waals surface area (Å²) < 4.78 is 63.7. The van der Waals surface area contributed by atoms with Gasteiger partial charge in [0.15, 0.2) is 5.76 Å². The number of carbonyl (C=O) groups is 1. The van der Waals surface area contributed by atoms with Crippen LogP contribution in [0, 0.1) is 5.82 Å². The van der Waals surface area contributed by atoms with Crippen molar-refractivity contribution in [2.75, 3.05) is 4.90 Å². The third kappa shape index (κ3) is 6.89. The van der Waals surface area contributed by atoms with Gasteiger partial charge in [0.2, 0.25) is 0 Å². The summed E-state index contributed by atoms with van der Waals surface area (Å²) in [6.07, 6.45) is 0.892. The largest absolute Gasteiger partial charge is 0.478 e.